The molecule has 36 heteroatoms. The number of nitrogens with one attached hydrogen (secondary N) is 8. The smallest absolute Gasteiger partial charge is 0.326 e. The van der Waals surface area contributed by atoms with E-state index in [1.165, 1.54) is 9.80 Å². The first-order chi connectivity index (χ1) is 61.2. The SMILES string of the molecule is CCC1N=NN=CCCOc2ccc(cc2)CC(C(=O)O)NC(=O)C(Cc2ccccc2)NC(O)C2CC(CN2C(=O)C(NC(=O)C(C)NC)C(C)C)n2cc(nn2)-c2ccc(cc2)-c2cn(nn2)CCCOc2ccc(cc2)CC(C(=O)O)NC(=O)C(Cc2ccccc2)NC(=O)C2CC(CN2C(=O)C(NC(=O)C(C)NC)C(C)C)n2cc(nn2)-c2ccc1cc2. The number of aromatic nitrogens is 9. The number of carboxylic acid groups (broad SMARTS) is 2. The summed E-state index contributed by atoms with van der Waals surface area (Å²) in [4.78, 5) is 130. The number of aliphatic carboxylic acids is 2. The van der Waals surface area contributed by atoms with Crippen LogP contribution < -0.4 is 52.0 Å². The molecule has 18 rings (SSSR count). The van der Waals surface area contributed by atoms with Gasteiger partial charge in [0.1, 0.15) is 71.1 Å². The van der Waals surface area contributed by atoms with E-state index in [2.05, 4.69) is 88.9 Å². The normalized spacial score (nSPS) is 21.8. The molecule has 9 aliphatic heterocycles. The molecule has 3 aromatic heterocycles. The van der Waals surface area contributed by atoms with Crippen molar-refractivity contribution in [1.29, 1.82) is 0 Å². The average molecular weight is 1740 g/mol. The molecule has 2 fully saturated rings. The molecule has 670 valence electrons. The van der Waals surface area contributed by atoms with Crippen LogP contribution in [0.3, 0.4) is 0 Å². The summed E-state index contributed by atoms with van der Waals surface area (Å²) >= 11 is 0. The first-order valence-electron chi connectivity index (χ1n) is 43.0. The van der Waals surface area contributed by atoms with Gasteiger partial charge < -0.3 is 71.8 Å². The fourth-order valence-corrected chi connectivity index (χ4v) is 15.5. The summed E-state index contributed by atoms with van der Waals surface area (Å²) in [6.07, 6.45) is 6.60. The highest BCUT2D eigenvalue weighted by molar-refractivity contribution is 5.96. The van der Waals surface area contributed by atoms with Gasteiger partial charge in [-0.3, -0.25) is 43.6 Å². The number of benzene rings is 6. The second-order valence-corrected chi connectivity index (χ2v) is 32.9. The van der Waals surface area contributed by atoms with Crippen LogP contribution in [0, 0.1) is 11.8 Å². The van der Waals surface area contributed by atoms with Crippen LogP contribution in [0.4, 0.5) is 0 Å². The highest BCUT2D eigenvalue weighted by Gasteiger charge is 2.47. The van der Waals surface area contributed by atoms with Gasteiger partial charge >= 0.3 is 11.9 Å². The largest absolute Gasteiger partial charge is 0.494 e. The predicted molar refractivity (Wildman–Crippen MR) is 470 cm³/mol. The molecule has 12 heterocycles. The molecule has 36 nitrogen and oxygen atoms in total. The number of nitrogens with zero attached hydrogens (tertiary/aromatic N) is 14. The summed E-state index contributed by atoms with van der Waals surface area (Å²) in [6.45, 7) is 13.4. The Morgan fingerprint density at radius 3 is 1.50 bits per heavy atom. The van der Waals surface area contributed by atoms with Crippen molar-refractivity contribution >= 4 is 59.5 Å². The van der Waals surface area contributed by atoms with Crippen LogP contribution in [0.2, 0.25) is 0 Å². The number of aliphatic hydroxyl groups excluding tert-OH is 1. The van der Waals surface area contributed by atoms with E-state index in [1.54, 1.807) is 191 Å². The molecule has 9 aliphatic rings. The Balaban J connectivity index is 0.785. The molecule has 127 heavy (non-hydrogen) atoms. The number of likely N-dealkylation sites (tertiary alicyclic amines) is 2. The van der Waals surface area contributed by atoms with Crippen molar-refractivity contribution in [3.8, 4) is 45.3 Å². The second kappa shape index (κ2) is 44.0. The van der Waals surface area contributed by atoms with Crippen molar-refractivity contribution in [3.05, 3.63) is 204 Å². The van der Waals surface area contributed by atoms with Crippen molar-refractivity contribution in [3.63, 3.8) is 0 Å². The summed E-state index contributed by atoms with van der Waals surface area (Å²) in [5, 5.41) is 96.6. The molecule has 0 spiro atoms. The number of hydrogen-bond donors (Lipinski definition) is 11. The molecular weight excluding hydrogens is 1630 g/mol. The Morgan fingerprint density at radius 1 is 0.535 bits per heavy atom. The first kappa shape index (κ1) is 92.9. The molecule has 14 unspecified atom stereocenters. The van der Waals surface area contributed by atoms with Gasteiger partial charge in [-0.05, 0) is 116 Å². The summed E-state index contributed by atoms with van der Waals surface area (Å²) in [5.74, 6) is -6.49. The monoisotopic (exact) mass is 1740 g/mol. The standard InChI is InChI=1S/C91H112N22O14/c1-10-70-62-27-29-64(30-28-62)76-52-112(107-103-76)66-47-78(110(49-66)88(120)80(54(2)3)99-82(114)56(6)92-8)86(118)96-72(44-59-21-15-12-16-22-59)85(117)98-74(91(124)125)46-61-25-37-69(38-26-61)127-42-18-40-109-51-75(102-106-109)63-31-33-65(34-32-63)77-53-113(108-104-77)67-48-79(111(50-67)89(121)81(55(4)5)100-83(115)57(7)93-9)87(119)95-71(43-58-19-13-11-14-20-58)84(116)97-73(90(122)123)45-60-23-35-68(36-24-60)126-41-17-39-94-105-101-70/h11-16,19-39,51-57,66-67,70-74,78-81,87,92-93,95,119H,10,17-18,40-50H2,1-9H3,(H,96,118)(H,97,116)(H,98,117)(H,99,114)(H,100,115)(H,122,123)(H,124,125). The number of carbonyl (C=O) groups is 9. The molecular formula is C91H112N22O14. The number of hydrogen-bond acceptors (Lipinski definition) is 24. The summed E-state index contributed by atoms with van der Waals surface area (Å²) in [6, 6.07) is 34.0. The maximum Gasteiger partial charge on any atom is 0.326 e. The van der Waals surface area contributed by atoms with Crippen LogP contribution >= 0.6 is 0 Å². The van der Waals surface area contributed by atoms with E-state index in [-0.39, 0.29) is 70.9 Å². The molecule has 0 aliphatic carbocycles. The van der Waals surface area contributed by atoms with Crippen molar-refractivity contribution in [2.24, 2.45) is 27.3 Å². The van der Waals surface area contributed by atoms with Crippen LogP contribution in [0.25, 0.3) is 33.8 Å². The number of carboxylic acids is 2. The van der Waals surface area contributed by atoms with E-state index < -0.39 is 144 Å². The van der Waals surface area contributed by atoms with Crippen molar-refractivity contribution in [1.82, 2.24) is 97.3 Å². The minimum Gasteiger partial charge on any atom is -0.494 e. The molecule has 2 saturated heterocycles. The Hall–Kier alpha value is -13.3. The zero-order valence-corrected chi connectivity index (χ0v) is 72.6. The quantitative estimate of drug-likeness (QED) is 0.0479. The van der Waals surface area contributed by atoms with Crippen molar-refractivity contribution < 1.29 is 67.9 Å². The number of ether oxygens (including phenoxy) is 2. The van der Waals surface area contributed by atoms with Crippen LogP contribution in [-0.2, 0) is 75.4 Å². The van der Waals surface area contributed by atoms with Gasteiger partial charge in [-0.2, -0.15) is 5.11 Å². The Bertz CT molecular complexity index is 5260. The number of aryl methyl sites for hydroxylation is 1. The second-order valence-electron chi connectivity index (χ2n) is 32.9. The lowest BCUT2D eigenvalue weighted by Gasteiger charge is -2.35. The van der Waals surface area contributed by atoms with Gasteiger partial charge in [0.15, 0.2) is 0 Å². The van der Waals surface area contributed by atoms with E-state index in [1.807, 2.05) is 67.7 Å². The van der Waals surface area contributed by atoms with Gasteiger partial charge in [0, 0.05) is 81.1 Å². The van der Waals surface area contributed by atoms with E-state index in [9.17, 15) is 44.1 Å². The Kier molecular flexibility index (Phi) is 32.2. The molecule has 0 saturated carbocycles. The topological polar surface area (TPSA) is 465 Å². The Morgan fingerprint density at radius 2 is 1.00 bits per heavy atom. The highest BCUT2D eigenvalue weighted by atomic mass is 16.5. The van der Waals surface area contributed by atoms with Crippen molar-refractivity contribution in [2.75, 3.05) is 40.4 Å². The fourth-order valence-electron chi connectivity index (χ4n) is 15.5. The average Bonchev–Trinajstić information content (AvgIpc) is 1.69. The third-order valence-corrected chi connectivity index (χ3v) is 23.2. The van der Waals surface area contributed by atoms with Crippen LogP contribution in [0.5, 0.6) is 11.5 Å². The summed E-state index contributed by atoms with van der Waals surface area (Å²) in [7, 11) is 3.26. The lowest BCUT2D eigenvalue weighted by molar-refractivity contribution is -0.144. The van der Waals surface area contributed by atoms with E-state index in [0.717, 1.165) is 11.1 Å². The van der Waals surface area contributed by atoms with E-state index in [4.69, 9.17) is 9.47 Å². The molecule has 18 bridgehead atoms. The zero-order valence-electron chi connectivity index (χ0n) is 72.6. The third-order valence-electron chi connectivity index (χ3n) is 23.2. The fraction of sp³-hybridized carbons (Fsp3) is 0.429. The van der Waals surface area contributed by atoms with Gasteiger partial charge in [-0.1, -0.05) is 184 Å². The summed E-state index contributed by atoms with van der Waals surface area (Å²) in [5.41, 5.74) is 7.12. The third kappa shape index (κ3) is 24.6. The van der Waals surface area contributed by atoms with E-state index in [0.29, 0.717) is 87.8 Å². The number of rotatable bonds is 17. The molecule has 11 N–H and O–H groups in total. The lowest BCUT2D eigenvalue weighted by atomic mass is 10.0. The van der Waals surface area contributed by atoms with Gasteiger partial charge in [-0.25, -0.2) is 19.0 Å². The van der Waals surface area contributed by atoms with Gasteiger partial charge in [0.25, 0.3) is 0 Å². The maximum absolute atomic E-state index is 15.1. The molecule has 0 radical (unpaired) electrons. The molecule has 14 atom stereocenters. The molecule has 9 aromatic rings. The minimum atomic E-state index is -1.59. The predicted octanol–water partition coefficient (Wildman–Crippen LogP) is 6.26. The first-order valence-corrected chi connectivity index (χ1v) is 43.0. The Labute approximate surface area is 735 Å². The summed E-state index contributed by atoms with van der Waals surface area (Å²) < 4.78 is 17.0. The molecule has 6 aromatic carbocycles. The maximum atomic E-state index is 15.1. The number of carbonyl (C=O) groups excluding carboxylic acids is 7. The molecule has 7 amide bonds. The van der Waals surface area contributed by atoms with Gasteiger partial charge in [-0.15, -0.1) is 20.4 Å². The van der Waals surface area contributed by atoms with E-state index >= 15 is 14.4 Å². The minimum absolute atomic E-state index is 0.0133. The zero-order chi connectivity index (χ0) is 90.4. The van der Waals surface area contributed by atoms with Crippen molar-refractivity contribution in [2.45, 2.75) is 198 Å². The number of amides is 7. The van der Waals surface area contributed by atoms with Crippen LogP contribution in [0.15, 0.2) is 192 Å². The number of likely N-dealkylation sites (N-methyl/N-ethyl adjacent to an activating group) is 2. The van der Waals surface area contributed by atoms with Crippen LogP contribution in [-0.4, -0.2) is 237 Å². The number of aliphatic hydroxyl groups is 1. The van der Waals surface area contributed by atoms with Gasteiger partial charge in [0.05, 0.1) is 74.1 Å². The van der Waals surface area contributed by atoms with Crippen LogP contribution in [0.1, 0.15) is 127 Å². The van der Waals surface area contributed by atoms with Gasteiger partial charge in [0.2, 0.25) is 41.4 Å². The highest BCUT2D eigenvalue weighted by Crippen LogP contribution is 2.35. The lowest BCUT2D eigenvalue weighted by Crippen LogP contribution is -2.60.